The fourth-order valence-electron chi connectivity index (χ4n) is 3.14. The largest absolute Gasteiger partial charge is 0.469 e. The monoisotopic (exact) mass is 416 g/mol. The molecule has 30 heavy (non-hydrogen) atoms. The number of amides is 2. The molecular formula is C23H34N3O4+. The van der Waals surface area contributed by atoms with Crippen molar-refractivity contribution in [3.63, 3.8) is 0 Å². The first-order chi connectivity index (χ1) is 14.4. The fraction of sp³-hybridized carbons (Fsp3) is 0.478. The molecule has 1 N–H and O–H groups in total. The number of ether oxygens (including phenoxy) is 1. The molecule has 0 fully saturated rings. The average molecular weight is 417 g/mol. The van der Waals surface area contributed by atoms with Gasteiger partial charge in [-0.1, -0.05) is 30.3 Å². The summed E-state index contributed by atoms with van der Waals surface area (Å²) in [4.78, 5) is 30.8. The van der Waals surface area contributed by atoms with Crippen LogP contribution in [-0.4, -0.2) is 75.6 Å². The lowest BCUT2D eigenvalue weighted by atomic mass is 10.2. The molecule has 0 saturated carbocycles. The van der Waals surface area contributed by atoms with Crippen LogP contribution in [0.25, 0.3) is 0 Å². The number of rotatable bonds is 12. The molecule has 164 valence electrons. The molecule has 2 amide bonds. The maximum absolute atomic E-state index is 13.0. The number of nitrogens with zero attached hydrogens (tertiary/aromatic N) is 2. The standard InChI is InChI=1S/C23H33N3O4/c1-19-21(11-16-30-19)23(28)25(15-17-29-4)12-10-22(27)26(14-13-24(2)3)18-20-8-6-5-7-9-20/h5-9,11,16H,10,12-15,17-18H2,1-4H3/p+1. The molecule has 0 radical (unpaired) electrons. The Hall–Kier alpha value is -2.64. The highest BCUT2D eigenvalue weighted by Gasteiger charge is 2.22. The van der Waals surface area contributed by atoms with E-state index in [0.717, 1.165) is 12.1 Å². The molecule has 0 aliphatic carbocycles. The van der Waals surface area contributed by atoms with Crippen LogP contribution in [0.1, 0.15) is 28.1 Å². The lowest BCUT2D eigenvalue weighted by Gasteiger charge is -2.26. The van der Waals surface area contributed by atoms with E-state index in [1.165, 1.54) is 11.2 Å². The molecule has 7 heteroatoms. The minimum absolute atomic E-state index is 0.0410. The lowest BCUT2D eigenvalue weighted by Crippen LogP contribution is -3.06. The quantitative estimate of drug-likeness (QED) is 0.565. The highest BCUT2D eigenvalue weighted by Crippen LogP contribution is 2.13. The molecule has 1 aromatic heterocycles. The molecule has 0 spiro atoms. The SMILES string of the molecule is COCCN(CCC(=O)N(CC[NH+](C)C)Cc1ccccc1)C(=O)c1ccoc1C. The normalized spacial score (nSPS) is 11.0. The summed E-state index contributed by atoms with van der Waals surface area (Å²) >= 11 is 0. The van der Waals surface area contributed by atoms with E-state index in [-0.39, 0.29) is 18.2 Å². The van der Waals surface area contributed by atoms with E-state index in [2.05, 4.69) is 14.1 Å². The zero-order valence-electron chi connectivity index (χ0n) is 18.5. The van der Waals surface area contributed by atoms with Crippen molar-refractivity contribution in [2.75, 3.05) is 54.0 Å². The number of hydrogen-bond donors (Lipinski definition) is 1. The summed E-state index contributed by atoms with van der Waals surface area (Å²) in [7, 11) is 5.75. The van der Waals surface area contributed by atoms with Crippen molar-refractivity contribution in [1.29, 1.82) is 0 Å². The topological polar surface area (TPSA) is 67.4 Å². The molecule has 1 heterocycles. The van der Waals surface area contributed by atoms with Gasteiger partial charge in [-0.15, -0.1) is 0 Å². The van der Waals surface area contributed by atoms with Crippen molar-refractivity contribution in [2.45, 2.75) is 19.9 Å². The van der Waals surface area contributed by atoms with Gasteiger partial charge in [0, 0.05) is 33.2 Å². The number of quaternary nitrogens is 1. The molecule has 0 aliphatic heterocycles. The molecule has 0 aliphatic rings. The van der Waals surface area contributed by atoms with Crippen molar-refractivity contribution in [3.8, 4) is 0 Å². The van der Waals surface area contributed by atoms with Gasteiger partial charge in [-0.05, 0) is 18.6 Å². The van der Waals surface area contributed by atoms with Crippen molar-refractivity contribution in [2.24, 2.45) is 0 Å². The lowest BCUT2D eigenvalue weighted by molar-refractivity contribution is -0.857. The molecule has 0 atom stereocenters. The van der Waals surface area contributed by atoms with Crippen LogP contribution in [0.15, 0.2) is 47.1 Å². The molecule has 0 saturated heterocycles. The van der Waals surface area contributed by atoms with Crippen molar-refractivity contribution in [1.82, 2.24) is 9.80 Å². The van der Waals surface area contributed by atoms with Gasteiger partial charge in [-0.25, -0.2) is 0 Å². The maximum Gasteiger partial charge on any atom is 0.257 e. The van der Waals surface area contributed by atoms with E-state index in [0.29, 0.717) is 44.1 Å². The van der Waals surface area contributed by atoms with Gasteiger partial charge < -0.3 is 23.9 Å². The molecule has 2 rings (SSSR count). The first-order valence-corrected chi connectivity index (χ1v) is 10.4. The second kappa shape index (κ2) is 12.1. The van der Waals surface area contributed by atoms with E-state index in [4.69, 9.17) is 9.15 Å². The van der Waals surface area contributed by atoms with Crippen molar-refractivity contribution < 1.29 is 23.6 Å². The third kappa shape index (κ3) is 7.31. The van der Waals surface area contributed by atoms with Gasteiger partial charge in [-0.2, -0.15) is 0 Å². The van der Waals surface area contributed by atoms with Crippen LogP contribution in [0.4, 0.5) is 0 Å². The first-order valence-electron chi connectivity index (χ1n) is 10.4. The summed E-state index contributed by atoms with van der Waals surface area (Å²) in [6.07, 6.45) is 1.77. The second-order valence-electron chi connectivity index (χ2n) is 7.68. The van der Waals surface area contributed by atoms with Gasteiger partial charge in [0.15, 0.2) is 0 Å². The summed E-state index contributed by atoms with van der Waals surface area (Å²) in [6, 6.07) is 11.6. The average Bonchev–Trinajstić information content (AvgIpc) is 3.17. The Morgan fingerprint density at radius 3 is 2.37 bits per heavy atom. The summed E-state index contributed by atoms with van der Waals surface area (Å²) in [6.45, 7) is 5.04. The van der Waals surface area contributed by atoms with Crippen molar-refractivity contribution >= 4 is 11.8 Å². The minimum atomic E-state index is -0.140. The highest BCUT2D eigenvalue weighted by molar-refractivity contribution is 5.95. The number of carbonyl (C=O) groups excluding carboxylic acids is 2. The van der Waals surface area contributed by atoms with Crippen LogP contribution in [0.5, 0.6) is 0 Å². The third-order valence-corrected chi connectivity index (χ3v) is 4.99. The smallest absolute Gasteiger partial charge is 0.257 e. The Labute approximate surface area is 179 Å². The van der Waals surface area contributed by atoms with Crippen LogP contribution in [0.3, 0.4) is 0 Å². The van der Waals surface area contributed by atoms with E-state index in [1.54, 1.807) is 25.0 Å². The molecule has 1 aromatic carbocycles. The van der Waals surface area contributed by atoms with Crippen LogP contribution in [-0.2, 0) is 16.1 Å². The number of aryl methyl sites for hydroxylation is 1. The molecular weight excluding hydrogens is 382 g/mol. The summed E-state index contributed by atoms with van der Waals surface area (Å²) in [5.41, 5.74) is 1.62. The minimum Gasteiger partial charge on any atom is -0.469 e. The third-order valence-electron chi connectivity index (χ3n) is 4.99. The number of methoxy groups -OCH3 is 1. The van der Waals surface area contributed by atoms with E-state index < -0.39 is 0 Å². The number of benzene rings is 1. The summed E-state index contributed by atoms with van der Waals surface area (Å²) < 4.78 is 10.4. The Balaban J connectivity index is 2.04. The van der Waals surface area contributed by atoms with Crippen molar-refractivity contribution in [3.05, 3.63) is 59.5 Å². The zero-order chi connectivity index (χ0) is 21.9. The summed E-state index contributed by atoms with van der Waals surface area (Å²) in [5.74, 6) is 0.478. The van der Waals surface area contributed by atoms with Crippen LogP contribution < -0.4 is 4.90 Å². The van der Waals surface area contributed by atoms with Gasteiger partial charge in [0.05, 0.1) is 45.6 Å². The van der Waals surface area contributed by atoms with E-state index >= 15 is 0 Å². The zero-order valence-corrected chi connectivity index (χ0v) is 18.5. The number of furan rings is 1. The Bertz CT molecular complexity index is 789. The Morgan fingerprint density at radius 1 is 1.03 bits per heavy atom. The Morgan fingerprint density at radius 2 is 1.77 bits per heavy atom. The van der Waals surface area contributed by atoms with Gasteiger partial charge in [0.2, 0.25) is 5.91 Å². The number of nitrogens with one attached hydrogen (secondary N) is 1. The Kier molecular flexibility index (Phi) is 9.57. The van der Waals surface area contributed by atoms with Crippen LogP contribution in [0, 0.1) is 6.92 Å². The fourth-order valence-corrected chi connectivity index (χ4v) is 3.14. The maximum atomic E-state index is 13.0. The molecule has 2 aromatic rings. The number of hydrogen-bond acceptors (Lipinski definition) is 4. The summed E-state index contributed by atoms with van der Waals surface area (Å²) in [5, 5.41) is 0. The van der Waals surface area contributed by atoms with Gasteiger partial charge in [0.25, 0.3) is 5.91 Å². The first kappa shape index (κ1) is 23.6. The number of likely N-dealkylation sites (N-methyl/N-ethyl adjacent to an activating group) is 1. The van der Waals surface area contributed by atoms with Crippen LogP contribution >= 0.6 is 0 Å². The van der Waals surface area contributed by atoms with Crippen LogP contribution in [0.2, 0.25) is 0 Å². The number of carbonyl (C=O) groups is 2. The predicted octanol–water partition coefficient (Wildman–Crippen LogP) is 1.24. The van der Waals surface area contributed by atoms with Gasteiger partial charge >= 0.3 is 0 Å². The molecule has 0 bridgehead atoms. The van der Waals surface area contributed by atoms with E-state index in [9.17, 15) is 9.59 Å². The van der Waals surface area contributed by atoms with Gasteiger partial charge in [-0.3, -0.25) is 9.59 Å². The second-order valence-corrected chi connectivity index (χ2v) is 7.68. The van der Waals surface area contributed by atoms with E-state index in [1.807, 2.05) is 35.2 Å². The highest BCUT2D eigenvalue weighted by atomic mass is 16.5. The molecule has 0 unspecified atom stereocenters. The predicted molar refractivity (Wildman–Crippen MR) is 115 cm³/mol. The molecule has 7 nitrogen and oxygen atoms in total. The van der Waals surface area contributed by atoms with Gasteiger partial charge in [0.1, 0.15) is 5.76 Å².